The molecule has 1 atom stereocenters. The Morgan fingerprint density at radius 3 is 2.61 bits per heavy atom. The van der Waals surface area contributed by atoms with Gasteiger partial charge in [0, 0.05) is 50.4 Å². The van der Waals surface area contributed by atoms with E-state index in [-0.39, 0.29) is 5.91 Å². The van der Waals surface area contributed by atoms with Crippen LogP contribution in [0.15, 0.2) is 48.5 Å². The number of aliphatic hydroxyl groups is 1. The standard InChI is InChI=1S/C22H27N3O3/c26-21-9-6-17-16-19(7-8-20(17)23-21)28-15-10-22(27)25-13-11-24(12-14-25)18-4-2-1-3-5-18/h1-5,7-8,16,22,27H,6,9-15H2,(H,23,26). The van der Waals surface area contributed by atoms with Gasteiger partial charge in [-0.25, -0.2) is 0 Å². The quantitative estimate of drug-likeness (QED) is 0.805. The Bertz CT molecular complexity index is 804. The second-order valence-electron chi connectivity index (χ2n) is 7.34. The molecule has 2 N–H and O–H groups in total. The lowest BCUT2D eigenvalue weighted by Gasteiger charge is -2.38. The second-order valence-corrected chi connectivity index (χ2v) is 7.34. The fourth-order valence-electron chi connectivity index (χ4n) is 3.83. The van der Waals surface area contributed by atoms with Crippen molar-refractivity contribution in [1.29, 1.82) is 0 Å². The molecular weight excluding hydrogens is 354 g/mol. The third-order valence-electron chi connectivity index (χ3n) is 5.47. The number of amides is 1. The summed E-state index contributed by atoms with van der Waals surface area (Å²) in [6.45, 7) is 3.98. The van der Waals surface area contributed by atoms with Crippen LogP contribution in [0.2, 0.25) is 0 Å². The summed E-state index contributed by atoms with van der Waals surface area (Å²) in [4.78, 5) is 15.9. The van der Waals surface area contributed by atoms with Gasteiger partial charge in [0.1, 0.15) is 12.0 Å². The number of carbonyl (C=O) groups is 1. The summed E-state index contributed by atoms with van der Waals surface area (Å²) in [5.41, 5.74) is 3.22. The van der Waals surface area contributed by atoms with E-state index in [2.05, 4.69) is 39.4 Å². The Hall–Kier alpha value is -2.57. The van der Waals surface area contributed by atoms with Crippen molar-refractivity contribution in [2.24, 2.45) is 0 Å². The van der Waals surface area contributed by atoms with Crippen molar-refractivity contribution in [1.82, 2.24) is 4.90 Å². The Labute approximate surface area is 165 Å². The van der Waals surface area contributed by atoms with Crippen LogP contribution >= 0.6 is 0 Å². The first kappa shape index (κ1) is 18.8. The monoisotopic (exact) mass is 381 g/mol. The first-order valence-electron chi connectivity index (χ1n) is 9.97. The summed E-state index contributed by atoms with van der Waals surface area (Å²) in [6, 6.07) is 16.2. The number of nitrogens with zero attached hydrogens (tertiary/aromatic N) is 2. The van der Waals surface area contributed by atoms with Crippen LogP contribution in [0.25, 0.3) is 0 Å². The van der Waals surface area contributed by atoms with Gasteiger partial charge in [-0.1, -0.05) is 18.2 Å². The molecule has 0 aliphatic carbocycles. The van der Waals surface area contributed by atoms with Gasteiger partial charge in [0.25, 0.3) is 0 Å². The number of fused-ring (bicyclic) bond motifs is 1. The van der Waals surface area contributed by atoms with Crippen LogP contribution in [-0.2, 0) is 11.2 Å². The summed E-state index contributed by atoms with van der Waals surface area (Å²) in [5, 5.41) is 13.4. The summed E-state index contributed by atoms with van der Waals surface area (Å²) in [5.74, 6) is 0.854. The molecule has 2 aliphatic heterocycles. The molecule has 1 saturated heterocycles. The van der Waals surface area contributed by atoms with Crippen LogP contribution in [-0.4, -0.2) is 54.9 Å². The third-order valence-corrected chi connectivity index (χ3v) is 5.47. The first-order chi connectivity index (χ1) is 13.7. The highest BCUT2D eigenvalue weighted by molar-refractivity contribution is 5.93. The van der Waals surface area contributed by atoms with E-state index in [0.29, 0.717) is 19.4 Å². The summed E-state index contributed by atoms with van der Waals surface area (Å²) in [7, 11) is 0. The lowest BCUT2D eigenvalue weighted by Crippen LogP contribution is -2.50. The molecule has 1 unspecified atom stereocenters. The minimum absolute atomic E-state index is 0.0663. The van der Waals surface area contributed by atoms with E-state index in [1.807, 2.05) is 24.3 Å². The van der Waals surface area contributed by atoms with E-state index in [1.54, 1.807) is 0 Å². The third kappa shape index (κ3) is 4.46. The molecule has 0 aromatic heterocycles. The summed E-state index contributed by atoms with van der Waals surface area (Å²) in [6.07, 6.45) is 1.34. The number of piperazine rings is 1. The van der Waals surface area contributed by atoms with Gasteiger partial charge < -0.3 is 20.1 Å². The Balaban J connectivity index is 1.22. The minimum Gasteiger partial charge on any atom is -0.493 e. The van der Waals surface area contributed by atoms with Gasteiger partial charge in [0.05, 0.1) is 6.61 Å². The predicted octanol–water partition coefficient (Wildman–Crippen LogP) is 2.48. The first-order valence-corrected chi connectivity index (χ1v) is 9.97. The number of para-hydroxylation sites is 1. The van der Waals surface area contributed by atoms with Crippen molar-refractivity contribution in [2.45, 2.75) is 25.5 Å². The number of benzene rings is 2. The largest absolute Gasteiger partial charge is 0.493 e. The molecular formula is C22H27N3O3. The fraction of sp³-hybridized carbons (Fsp3) is 0.409. The molecule has 1 fully saturated rings. The van der Waals surface area contributed by atoms with Gasteiger partial charge in [-0.15, -0.1) is 0 Å². The Morgan fingerprint density at radius 2 is 1.82 bits per heavy atom. The second kappa shape index (κ2) is 8.63. The van der Waals surface area contributed by atoms with Gasteiger partial charge in [-0.3, -0.25) is 9.69 Å². The zero-order chi connectivity index (χ0) is 19.3. The number of aliphatic hydroxyl groups excluding tert-OH is 1. The number of aryl methyl sites for hydroxylation is 1. The maximum absolute atomic E-state index is 11.4. The highest BCUT2D eigenvalue weighted by atomic mass is 16.5. The number of hydrogen-bond acceptors (Lipinski definition) is 5. The molecule has 2 aromatic rings. The number of ether oxygens (including phenoxy) is 1. The Kier molecular flexibility index (Phi) is 5.78. The van der Waals surface area contributed by atoms with Gasteiger partial charge in [-0.05, 0) is 42.3 Å². The van der Waals surface area contributed by atoms with Crippen LogP contribution in [0, 0.1) is 0 Å². The minimum atomic E-state index is -0.491. The molecule has 4 rings (SSSR count). The van der Waals surface area contributed by atoms with Gasteiger partial charge in [0.15, 0.2) is 0 Å². The number of carbonyl (C=O) groups excluding carboxylic acids is 1. The highest BCUT2D eigenvalue weighted by Crippen LogP contribution is 2.27. The van der Waals surface area contributed by atoms with Gasteiger partial charge in [0.2, 0.25) is 5.91 Å². The molecule has 2 aliphatic rings. The van der Waals surface area contributed by atoms with Crippen molar-refractivity contribution in [3.63, 3.8) is 0 Å². The van der Waals surface area contributed by atoms with Gasteiger partial charge in [-0.2, -0.15) is 0 Å². The van der Waals surface area contributed by atoms with Crippen molar-refractivity contribution >= 4 is 17.3 Å². The molecule has 0 saturated carbocycles. The average molecular weight is 381 g/mol. The van der Waals surface area contributed by atoms with E-state index in [1.165, 1.54) is 5.69 Å². The number of rotatable bonds is 6. The maximum atomic E-state index is 11.4. The highest BCUT2D eigenvalue weighted by Gasteiger charge is 2.22. The molecule has 28 heavy (non-hydrogen) atoms. The van der Waals surface area contributed by atoms with Crippen LogP contribution in [0.4, 0.5) is 11.4 Å². The summed E-state index contributed by atoms with van der Waals surface area (Å²) < 4.78 is 5.84. The van der Waals surface area contributed by atoms with Crippen LogP contribution in [0.3, 0.4) is 0 Å². The lowest BCUT2D eigenvalue weighted by atomic mass is 10.0. The average Bonchev–Trinajstić information content (AvgIpc) is 2.74. The van der Waals surface area contributed by atoms with Crippen molar-refractivity contribution in [2.75, 3.05) is 43.0 Å². The topological polar surface area (TPSA) is 65.0 Å². The zero-order valence-corrected chi connectivity index (χ0v) is 16.0. The molecule has 6 heteroatoms. The van der Waals surface area contributed by atoms with Crippen molar-refractivity contribution in [3.8, 4) is 5.75 Å². The summed E-state index contributed by atoms with van der Waals surface area (Å²) >= 11 is 0. The van der Waals surface area contributed by atoms with E-state index < -0.39 is 6.23 Å². The van der Waals surface area contributed by atoms with E-state index >= 15 is 0 Å². The van der Waals surface area contributed by atoms with Crippen molar-refractivity contribution < 1.29 is 14.6 Å². The molecule has 0 radical (unpaired) electrons. The molecule has 0 bridgehead atoms. The van der Waals surface area contributed by atoms with Crippen molar-refractivity contribution in [3.05, 3.63) is 54.1 Å². The Morgan fingerprint density at radius 1 is 1.04 bits per heavy atom. The van der Waals surface area contributed by atoms with Crippen LogP contribution < -0.4 is 15.0 Å². The SMILES string of the molecule is O=C1CCc2cc(OCCC(O)N3CCN(c4ccccc4)CC3)ccc2N1. The molecule has 148 valence electrons. The molecule has 2 aromatic carbocycles. The lowest BCUT2D eigenvalue weighted by molar-refractivity contribution is -0.116. The van der Waals surface area contributed by atoms with Gasteiger partial charge >= 0.3 is 0 Å². The van der Waals surface area contributed by atoms with Crippen LogP contribution in [0.1, 0.15) is 18.4 Å². The smallest absolute Gasteiger partial charge is 0.224 e. The maximum Gasteiger partial charge on any atom is 0.224 e. The normalized spacial score (nSPS) is 18.3. The predicted molar refractivity (Wildman–Crippen MR) is 110 cm³/mol. The number of nitrogens with one attached hydrogen (secondary N) is 1. The van der Waals surface area contributed by atoms with E-state index in [0.717, 1.165) is 49.6 Å². The molecule has 6 nitrogen and oxygen atoms in total. The molecule has 2 heterocycles. The van der Waals surface area contributed by atoms with E-state index in [4.69, 9.17) is 4.74 Å². The fourth-order valence-corrected chi connectivity index (χ4v) is 3.83. The zero-order valence-electron chi connectivity index (χ0n) is 16.0. The van der Waals surface area contributed by atoms with E-state index in [9.17, 15) is 9.90 Å². The number of hydrogen-bond donors (Lipinski definition) is 2. The van der Waals surface area contributed by atoms with Crippen LogP contribution in [0.5, 0.6) is 5.75 Å². The molecule has 1 amide bonds. The molecule has 0 spiro atoms. The number of anilines is 2.